The van der Waals surface area contributed by atoms with Crippen molar-refractivity contribution in [1.29, 1.82) is 0 Å². The fourth-order valence-electron chi connectivity index (χ4n) is 1.69. The van der Waals surface area contributed by atoms with Crippen molar-refractivity contribution in [2.45, 2.75) is 32.2 Å². The maximum Gasteiger partial charge on any atom is 0.234 e. The summed E-state index contributed by atoms with van der Waals surface area (Å²) in [7, 11) is -3.48. The van der Waals surface area contributed by atoms with Gasteiger partial charge in [0.1, 0.15) is 0 Å². The van der Waals surface area contributed by atoms with Crippen LogP contribution in [0.25, 0.3) is 6.08 Å². The molecule has 0 fully saturated rings. The van der Waals surface area contributed by atoms with E-state index >= 15 is 0 Å². The third-order valence-electron chi connectivity index (χ3n) is 2.83. The summed E-state index contributed by atoms with van der Waals surface area (Å²) in [5.74, 6) is 0. The molecular formula is C14H21ClN2O2S. The maximum atomic E-state index is 11.9. The van der Waals surface area contributed by atoms with Crippen LogP contribution in [0.2, 0.25) is 5.02 Å². The zero-order valence-electron chi connectivity index (χ0n) is 11.5. The molecule has 1 aromatic rings. The molecule has 3 N–H and O–H groups in total. The first-order valence-electron chi connectivity index (χ1n) is 6.63. The predicted octanol–water partition coefficient (Wildman–Crippen LogP) is 2.75. The van der Waals surface area contributed by atoms with Gasteiger partial charge in [0.25, 0.3) is 0 Å². The molecule has 1 aromatic carbocycles. The Morgan fingerprint density at radius 1 is 1.35 bits per heavy atom. The van der Waals surface area contributed by atoms with Crippen LogP contribution in [-0.2, 0) is 10.0 Å². The first-order chi connectivity index (χ1) is 9.46. The molecule has 20 heavy (non-hydrogen) atoms. The molecule has 0 saturated heterocycles. The minimum Gasteiger partial charge on any atom is -0.329 e. The van der Waals surface area contributed by atoms with Gasteiger partial charge in [-0.25, -0.2) is 13.1 Å². The van der Waals surface area contributed by atoms with Crippen LogP contribution in [-0.4, -0.2) is 21.0 Å². The second-order valence-electron chi connectivity index (χ2n) is 4.59. The van der Waals surface area contributed by atoms with Crippen LogP contribution in [0.5, 0.6) is 0 Å². The lowest BCUT2D eigenvalue weighted by molar-refractivity contribution is 0.521. The Kier molecular flexibility index (Phi) is 7.23. The quantitative estimate of drug-likeness (QED) is 0.774. The highest BCUT2D eigenvalue weighted by Crippen LogP contribution is 2.11. The van der Waals surface area contributed by atoms with Gasteiger partial charge in [0.2, 0.25) is 10.0 Å². The van der Waals surface area contributed by atoms with E-state index in [0.717, 1.165) is 30.2 Å². The van der Waals surface area contributed by atoms with Crippen molar-refractivity contribution >= 4 is 27.7 Å². The first kappa shape index (κ1) is 17.2. The Morgan fingerprint density at radius 3 is 2.55 bits per heavy atom. The molecule has 0 spiro atoms. The molecule has 6 heteroatoms. The van der Waals surface area contributed by atoms with Crippen molar-refractivity contribution < 1.29 is 8.42 Å². The van der Waals surface area contributed by atoms with Crippen molar-refractivity contribution in [3.63, 3.8) is 0 Å². The maximum absolute atomic E-state index is 11.9. The van der Waals surface area contributed by atoms with Crippen molar-refractivity contribution in [2.75, 3.05) is 6.54 Å². The molecule has 112 valence electrons. The number of halogens is 1. The normalized spacial score (nSPS) is 13.8. The average molecular weight is 317 g/mol. The first-order valence-corrected chi connectivity index (χ1v) is 8.55. The lowest BCUT2D eigenvalue weighted by atomic mass is 10.1. The van der Waals surface area contributed by atoms with Gasteiger partial charge >= 0.3 is 0 Å². The number of nitrogens with two attached hydrogens (primary N) is 1. The number of hydrogen-bond donors (Lipinski definition) is 2. The third-order valence-corrected chi connectivity index (χ3v) is 4.24. The van der Waals surface area contributed by atoms with Crippen molar-refractivity contribution in [1.82, 2.24) is 4.72 Å². The molecule has 0 aliphatic carbocycles. The summed E-state index contributed by atoms with van der Waals surface area (Å²) in [5, 5.41) is 1.77. The summed E-state index contributed by atoms with van der Waals surface area (Å²) in [6.45, 7) is 2.36. The third kappa shape index (κ3) is 6.52. The summed E-state index contributed by atoms with van der Waals surface area (Å²) >= 11 is 5.77. The van der Waals surface area contributed by atoms with E-state index in [1.165, 1.54) is 6.08 Å². The molecule has 0 heterocycles. The second-order valence-corrected chi connectivity index (χ2v) is 6.63. The Hall–Kier alpha value is -0.880. The Balaban J connectivity index is 2.66. The molecule has 0 aliphatic rings. The Bertz CT molecular complexity index is 527. The van der Waals surface area contributed by atoms with E-state index in [4.69, 9.17) is 17.3 Å². The standard InChI is InChI=1S/C14H21ClN2O2S/c1-2-3-4-14(11-16)17-20(18,19)10-9-12-5-7-13(15)8-6-12/h5-10,14,17H,2-4,11,16H2,1H3/b10-9+. The van der Waals surface area contributed by atoms with Crippen LogP contribution in [0.1, 0.15) is 31.7 Å². The van der Waals surface area contributed by atoms with E-state index < -0.39 is 10.0 Å². The number of unbranched alkanes of at least 4 members (excludes halogenated alkanes) is 1. The van der Waals surface area contributed by atoms with Crippen LogP contribution in [0, 0.1) is 0 Å². The van der Waals surface area contributed by atoms with Crippen LogP contribution >= 0.6 is 11.6 Å². The van der Waals surface area contributed by atoms with Crippen molar-refractivity contribution in [2.24, 2.45) is 5.73 Å². The smallest absolute Gasteiger partial charge is 0.234 e. The number of nitrogens with one attached hydrogen (secondary N) is 1. The fourth-order valence-corrected chi connectivity index (χ4v) is 2.91. The number of benzene rings is 1. The topological polar surface area (TPSA) is 72.2 Å². The van der Waals surface area contributed by atoms with Crippen molar-refractivity contribution in [3.05, 3.63) is 40.3 Å². The van der Waals surface area contributed by atoms with E-state index in [2.05, 4.69) is 11.6 Å². The average Bonchev–Trinajstić information content (AvgIpc) is 2.43. The van der Waals surface area contributed by atoms with Gasteiger partial charge in [0.05, 0.1) is 0 Å². The summed E-state index contributed by atoms with van der Waals surface area (Å²) in [5.41, 5.74) is 6.35. The van der Waals surface area contributed by atoms with Gasteiger partial charge in [-0.2, -0.15) is 0 Å². The Labute approximate surface area is 126 Å². The monoisotopic (exact) mass is 316 g/mol. The van der Waals surface area contributed by atoms with Crippen LogP contribution < -0.4 is 10.5 Å². The predicted molar refractivity (Wildman–Crippen MR) is 84.9 cm³/mol. The van der Waals surface area contributed by atoms with Crippen LogP contribution in [0.4, 0.5) is 0 Å². The summed E-state index contributed by atoms with van der Waals surface area (Å²) in [6.07, 6.45) is 4.25. The number of hydrogen-bond acceptors (Lipinski definition) is 3. The van der Waals surface area contributed by atoms with E-state index in [1.807, 2.05) is 0 Å². The minimum absolute atomic E-state index is 0.213. The molecule has 0 radical (unpaired) electrons. The van der Waals surface area contributed by atoms with Crippen LogP contribution in [0.15, 0.2) is 29.7 Å². The molecule has 1 atom stereocenters. The molecule has 0 saturated carbocycles. The van der Waals surface area contributed by atoms with Gasteiger partial charge in [-0.1, -0.05) is 43.5 Å². The van der Waals surface area contributed by atoms with E-state index in [1.54, 1.807) is 24.3 Å². The molecule has 0 aliphatic heterocycles. The van der Waals surface area contributed by atoms with Gasteiger partial charge in [-0.15, -0.1) is 0 Å². The summed E-state index contributed by atoms with van der Waals surface area (Å²) in [4.78, 5) is 0. The fraction of sp³-hybridized carbons (Fsp3) is 0.429. The highest BCUT2D eigenvalue weighted by Gasteiger charge is 2.13. The molecule has 4 nitrogen and oxygen atoms in total. The van der Waals surface area contributed by atoms with E-state index in [9.17, 15) is 8.42 Å². The van der Waals surface area contributed by atoms with Gasteiger partial charge in [0.15, 0.2) is 0 Å². The highest BCUT2D eigenvalue weighted by molar-refractivity contribution is 7.92. The SMILES string of the molecule is CCCCC(CN)NS(=O)(=O)/C=C/c1ccc(Cl)cc1. The highest BCUT2D eigenvalue weighted by atomic mass is 35.5. The molecule has 0 bridgehead atoms. The second kappa shape index (κ2) is 8.42. The van der Waals surface area contributed by atoms with Gasteiger partial charge in [-0.05, 0) is 30.2 Å². The minimum atomic E-state index is -3.48. The zero-order chi connectivity index (χ0) is 15.0. The van der Waals surface area contributed by atoms with Gasteiger partial charge < -0.3 is 5.73 Å². The lowest BCUT2D eigenvalue weighted by Crippen LogP contribution is -2.39. The number of sulfonamides is 1. The van der Waals surface area contributed by atoms with Gasteiger partial charge in [-0.3, -0.25) is 0 Å². The Morgan fingerprint density at radius 2 is 2.00 bits per heavy atom. The van der Waals surface area contributed by atoms with E-state index in [-0.39, 0.29) is 6.04 Å². The summed E-state index contributed by atoms with van der Waals surface area (Å²) in [6, 6.07) is 6.73. The largest absolute Gasteiger partial charge is 0.329 e. The van der Waals surface area contributed by atoms with Crippen LogP contribution in [0.3, 0.4) is 0 Å². The molecule has 1 rings (SSSR count). The number of rotatable bonds is 8. The molecule has 0 aromatic heterocycles. The van der Waals surface area contributed by atoms with E-state index in [0.29, 0.717) is 11.6 Å². The lowest BCUT2D eigenvalue weighted by Gasteiger charge is -2.14. The molecule has 0 amide bonds. The molecular weight excluding hydrogens is 296 g/mol. The zero-order valence-corrected chi connectivity index (χ0v) is 13.1. The van der Waals surface area contributed by atoms with Gasteiger partial charge in [0, 0.05) is 23.0 Å². The molecule has 1 unspecified atom stereocenters. The van der Waals surface area contributed by atoms with Crippen molar-refractivity contribution in [3.8, 4) is 0 Å². The summed E-state index contributed by atoms with van der Waals surface area (Å²) < 4.78 is 26.4.